The van der Waals surface area contributed by atoms with Gasteiger partial charge in [-0.3, -0.25) is 0 Å². The molecule has 0 bridgehead atoms. The van der Waals surface area contributed by atoms with Crippen molar-refractivity contribution in [2.75, 3.05) is 14.2 Å². The molecule has 0 aromatic rings. The van der Waals surface area contributed by atoms with E-state index in [1.165, 1.54) is 72.0 Å². The lowest BCUT2D eigenvalue weighted by Gasteiger charge is -2.19. The van der Waals surface area contributed by atoms with Crippen molar-refractivity contribution in [1.29, 1.82) is 0 Å². The first-order valence-corrected chi connectivity index (χ1v) is 9.48. The fourth-order valence-electron chi connectivity index (χ4n) is 2.12. The molecule has 1 N–H and O–H groups in total. The van der Waals surface area contributed by atoms with Crippen molar-refractivity contribution in [1.82, 2.24) is 0 Å². The molecular weight excluding hydrogens is 244 g/mol. The molecule has 3 nitrogen and oxygen atoms in total. The van der Waals surface area contributed by atoms with Crippen LogP contribution < -0.4 is 0 Å². The van der Waals surface area contributed by atoms with Gasteiger partial charge in [0.2, 0.25) is 0 Å². The number of hydrogen-bond donors (Lipinski definition) is 1. The monoisotopic (exact) mass is 276 g/mol. The Balaban J connectivity index is 3.21. The molecular formula is C14H32O3Si. The van der Waals surface area contributed by atoms with E-state index in [1.54, 1.807) is 0 Å². The van der Waals surface area contributed by atoms with Crippen molar-refractivity contribution >= 4 is 8.80 Å². The molecule has 0 aliphatic heterocycles. The summed E-state index contributed by atoms with van der Waals surface area (Å²) >= 11 is 0. The highest BCUT2D eigenvalue weighted by Crippen LogP contribution is 2.15. The van der Waals surface area contributed by atoms with Gasteiger partial charge in [0.05, 0.1) is 0 Å². The second-order valence-corrected chi connectivity index (χ2v) is 7.79. The van der Waals surface area contributed by atoms with Gasteiger partial charge in [0, 0.05) is 20.3 Å². The van der Waals surface area contributed by atoms with Crippen LogP contribution in [0.1, 0.15) is 71.1 Å². The van der Waals surface area contributed by atoms with Crippen molar-refractivity contribution in [2.45, 2.75) is 77.2 Å². The standard InChI is InChI=1S/C14H32O3Si/c1-4-5-6-7-8-9-10-11-12-13-14-18(15,16-2)17-3/h15H,4-14H2,1-3H3. The first-order chi connectivity index (χ1) is 8.68. The molecule has 0 radical (unpaired) electrons. The normalized spacial score (nSPS) is 12.0. The Morgan fingerprint density at radius 3 is 1.50 bits per heavy atom. The molecule has 18 heavy (non-hydrogen) atoms. The lowest BCUT2D eigenvalue weighted by atomic mass is 10.1. The van der Waals surface area contributed by atoms with Crippen LogP contribution in [0.15, 0.2) is 0 Å². The van der Waals surface area contributed by atoms with Crippen LogP contribution in [-0.2, 0) is 8.85 Å². The van der Waals surface area contributed by atoms with Gasteiger partial charge in [-0.15, -0.1) is 0 Å². The molecule has 0 saturated carbocycles. The van der Waals surface area contributed by atoms with Crippen LogP contribution >= 0.6 is 0 Å². The number of unbranched alkanes of at least 4 members (excludes halogenated alkanes) is 9. The Morgan fingerprint density at radius 1 is 0.722 bits per heavy atom. The molecule has 0 aromatic heterocycles. The van der Waals surface area contributed by atoms with Crippen molar-refractivity contribution in [3.8, 4) is 0 Å². The summed E-state index contributed by atoms with van der Waals surface area (Å²) in [4.78, 5) is 9.85. The van der Waals surface area contributed by atoms with Crippen molar-refractivity contribution in [3.63, 3.8) is 0 Å². The van der Waals surface area contributed by atoms with E-state index in [9.17, 15) is 4.80 Å². The topological polar surface area (TPSA) is 38.7 Å². The molecule has 0 aliphatic rings. The lowest BCUT2D eigenvalue weighted by Crippen LogP contribution is -2.39. The molecule has 0 spiro atoms. The Morgan fingerprint density at radius 2 is 1.11 bits per heavy atom. The van der Waals surface area contributed by atoms with E-state index in [2.05, 4.69) is 6.92 Å². The molecule has 0 fully saturated rings. The van der Waals surface area contributed by atoms with E-state index < -0.39 is 8.80 Å². The van der Waals surface area contributed by atoms with Gasteiger partial charge in [0.25, 0.3) is 0 Å². The second kappa shape index (κ2) is 12.1. The molecule has 0 amide bonds. The smallest absolute Gasteiger partial charge is 0.390 e. The first-order valence-electron chi connectivity index (χ1n) is 7.51. The third kappa shape index (κ3) is 10.1. The molecule has 0 rings (SSSR count). The number of hydrogen-bond acceptors (Lipinski definition) is 3. The molecule has 0 aromatic carbocycles. The van der Waals surface area contributed by atoms with Gasteiger partial charge in [-0.1, -0.05) is 64.7 Å². The summed E-state index contributed by atoms with van der Waals surface area (Å²) in [6, 6.07) is 0.691. The summed E-state index contributed by atoms with van der Waals surface area (Å²) in [5.74, 6) is 0. The SMILES string of the molecule is CCCCCCCCCCCC[Si](O)(OC)OC. The molecule has 110 valence electrons. The zero-order valence-corrected chi connectivity index (χ0v) is 13.5. The van der Waals surface area contributed by atoms with Gasteiger partial charge in [-0.2, -0.15) is 0 Å². The van der Waals surface area contributed by atoms with Gasteiger partial charge in [-0.05, 0) is 6.42 Å². The minimum absolute atomic E-state index is 0.691. The van der Waals surface area contributed by atoms with E-state index in [1.807, 2.05) is 0 Å². The molecule has 0 unspecified atom stereocenters. The maximum absolute atomic E-state index is 9.85. The fraction of sp³-hybridized carbons (Fsp3) is 1.00. The lowest BCUT2D eigenvalue weighted by molar-refractivity contribution is 0.150. The van der Waals surface area contributed by atoms with Crippen LogP contribution in [0.3, 0.4) is 0 Å². The number of rotatable bonds is 13. The molecule has 0 aliphatic carbocycles. The Bertz CT molecular complexity index is 172. The van der Waals surface area contributed by atoms with Crippen molar-refractivity contribution in [2.24, 2.45) is 0 Å². The summed E-state index contributed by atoms with van der Waals surface area (Å²) < 4.78 is 10.1. The quantitative estimate of drug-likeness (QED) is 0.406. The highest BCUT2D eigenvalue weighted by Gasteiger charge is 2.32. The van der Waals surface area contributed by atoms with Crippen LogP contribution in [0.5, 0.6) is 0 Å². The summed E-state index contributed by atoms with van der Waals surface area (Å²) in [5.41, 5.74) is 0. The van der Waals surface area contributed by atoms with E-state index >= 15 is 0 Å². The van der Waals surface area contributed by atoms with Crippen LogP contribution in [0.2, 0.25) is 6.04 Å². The Kier molecular flexibility index (Phi) is 12.2. The van der Waals surface area contributed by atoms with Crippen molar-refractivity contribution < 1.29 is 13.6 Å². The average Bonchev–Trinajstić information content (AvgIpc) is 2.40. The zero-order chi connectivity index (χ0) is 13.7. The van der Waals surface area contributed by atoms with Gasteiger partial charge in [0.1, 0.15) is 0 Å². The molecule has 4 heteroatoms. The van der Waals surface area contributed by atoms with Gasteiger partial charge >= 0.3 is 8.80 Å². The van der Waals surface area contributed by atoms with E-state index in [4.69, 9.17) is 8.85 Å². The van der Waals surface area contributed by atoms with Gasteiger partial charge in [-0.25, -0.2) is 0 Å². The average molecular weight is 276 g/mol. The molecule has 0 saturated heterocycles. The highest BCUT2D eigenvalue weighted by molar-refractivity contribution is 6.59. The second-order valence-electron chi connectivity index (χ2n) is 5.05. The van der Waals surface area contributed by atoms with Crippen LogP contribution in [0, 0.1) is 0 Å². The van der Waals surface area contributed by atoms with Crippen LogP contribution in [-0.4, -0.2) is 27.8 Å². The Labute approximate surface area is 114 Å². The fourth-order valence-corrected chi connectivity index (χ4v) is 3.39. The van der Waals surface area contributed by atoms with Gasteiger partial charge < -0.3 is 13.6 Å². The summed E-state index contributed by atoms with van der Waals surface area (Å²) in [7, 11) is 0.280. The molecule has 0 heterocycles. The van der Waals surface area contributed by atoms with E-state index in [0.717, 1.165) is 6.42 Å². The maximum atomic E-state index is 9.85. The van der Waals surface area contributed by atoms with Crippen LogP contribution in [0.4, 0.5) is 0 Å². The molecule has 0 atom stereocenters. The van der Waals surface area contributed by atoms with Gasteiger partial charge in [0.15, 0.2) is 0 Å². The van der Waals surface area contributed by atoms with E-state index in [0.29, 0.717) is 6.04 Å². The minimum Gasteiger partial charge on any atom is -0.390 e. The summed E-state index contributed by atoms with van der Waals surface area (Å²) in [6.45, 7) is 2.25. The summed E-state index contributed by atoms with van der Waals surface area (Å²) in [6.07, 6.45) is 13.0. The third-order valence-electron chi connectivity index (χ3n) is 3.48. The minimum atomic E-state index is -2.79. The summed E-state index contributed by atoms with van der Waals surface area (Å²) in [5, 5.41) is 0. The maximum Gasteiger partial charge on any atom is 0.497 e. The van der Waals surface area contributed by atoms with Crippen LogP contribution in [0.25, 0.3) is 0 Å². The zero-order valence-electron chi connectivity index (χ0n) is 12.5. The first kappa shape index (κ1) is 18.1. The van der Waals surface area contributed by atoms with E-state index in [-0.39, 0.29) is 0 Å². The largest absolute Gasteiger partial charge is 0.497 e. The Hall–Kier alpha value is 0.0969. The highest BCUT2D eigenvalue weighted by atomic mass is 28.4. The predicted molar refractivity (Wildman–Crippen MR) is 78.6 cm³/mol. The van der Waals surface area contributed by atoms with Crippen molar-refractivity contribution in [3.05, 3.63) is 0 Å². The third-order valence-corrected chi connectivity index (χ3v) is 5.75. The predicted octanol–water partition coefficient (Wildman–Crippen LogP) is 4.13.